The fraction of sp³-hybridized carbons (Fsp3) is 0.370. The Labute approximate surface area is 225 Å². The number of hydrogen-bond donors (Lipinski definition) is 2. The van der Waals surface area contributed by atoms with E-state index in [4.69, 9.17) is 4.74 Å². The molecule has 2 N–H and O–H groups in total. The topological polar surface area (TPSA) is 92.7 Å². The van der Waals surface area contributed by atoms with Crippen molar-refractivity contribution in [3.05, 3.63) is 48.2 Å². The monoisotopic (exact) mass is 562 g/mol. The highest BCUT2D eigenvalue weighted by atomic mass is 32.2. The van der Waals surface area contributed by atoms with Gasteiger partial charge in [-0.1, -0.05) is 12.0 Å². The van der Waals surface area contributed by atoms with Crippen LogP contribution in [0.3, 0.4) is 0 Å². The lowest BCUT2D eigenvalue weighted by molar-refractivity contribution is -0.140. The summed E-state index contributed by atoms with van der Waals surface area (Å²) in [5, 5.41) is 6.94. The Kier molecular flexibility index (Phi) is 8.02. The van der Waals surface area contributed by atoms with Crippen molar-refractivity contribution in [1.29, 1.82) is 0 Å². The predicted molar refractivity (Wildman–Crippen MR) is 144 cm³/mol. The Morgan fingerprint density at radius 2 is 1.92 bits per heavy atom. The summed E-state index contributed by atoms with van der Waals surface area (Å²) in [6.07, 6.45) is -2.33. The van der Waals surface area contributed by atoms with Crippen LogP contribution in [0.4, 0.5) is 24.5 Å². The number of carbonyl (C=O) groups is 1. The molecule has 1 saturated heterocycles. The van der Waals surface area contributed by atoms with Gasteiger partial charge in [0, 0.05) is 49.5 Å². The van der Waals surface area contributed by atoms with Crippen molar-refractivity contribution >= 4 is 38.0 Å². The number of fused-ring (bicyclic) bond motifs is 1. The Morgan fingerprint density at radius 1 is 1.15 bits per heavy atom. The average molecular weight is 563 g/mol. The largest absolute Gasteiger partial charge is 0.495 e. The van der Waals surface area contributed by atoms with Crippen molar-refractivity contribution in [2.24, 2.45) is 0 Å². The Morgan fingerprint density at radius 3 is 2.59 bits per heavy atom. The van der Waals surface area contributed by atoms with Crippen LogP contribution >= 0.6 is 0 Å². The molecule has 2 heterocycles. The number of methoxy groups -OCH3 is 1. The molecule has 8 nitrogen and oxygen atoms in total. The number of carbonyl (C=O) groups excluding carboxylic acids is 1. The molecule has 1 amide bonds. The molecule has 4 rings (SSSR count). The summed E-state index contributed by atoms with van der Waals surface area (Å²) in [7, 11) is -0.268. The van der Waals surface area contributed by atoms with Gasteiger partial charge in [0.25, 0.3) is 0 Å². The zero-order valence-corrected chi connectivity index (χ0v) is 22.5. The molecular formula is C27H29F3N4O4S. The highest BCUT2D eigenvalue weighted by Gasteiger charge is 2.30. The van der Waals surface area contributed by atoms with E-state index in [0.29, 0.717) is 41.0 Å². The number of halogens is 3. The smallest absolute Gasteiger partial charge is 0.406 e. The Balaban J connectivity index is 1.60. The van der Waals surface area contributed by atoms with Gasteiger partial charge in [-0.15, -0.1) is 0 Å². The number of aromatic nitrogens is 1. The van der Waals surface area contributed by atoms with Crippen LogP contribution in [-0.2, 0) is 21.2 Å². The minimum absolute atomic E-state index is 0.0159. The third-order valence-electron chi connectivity index (χ3n) is 6.49. The van der Waals surface area contributed by atoms with Gasteiger partial charge in [0.1, 0.15) is 12.3 Å². The van der Waals surface area contributed by atoms with Gasteiger partial charge in [-0.3, -0.25) is 4.79 Å². The number of hydrogen-bond acceptors (Lipinski definition) is 6. The molecule has 0 spiro atoms. The molecule has 0 saturated carbocycles. The van der Waals surface area contributed by atoms with E-state index < -0.39 is 22.6 Å². The third-order valence-corrected chi connectivity index (χ3v) is 7.60. The Hall–Kier alpha value is -3.85. The van der Waals surface area contributed by atoms with Crippen molar-refractivity contribution in [2.45, 2.75) is 36.5 Å². The molecule has 1 fully saturated rings. The van der Waals surface area contributed by atoms with E-state index in [1.54, 1.807) is 42.3 Å². The molecule has 1 unspecified atom stereocenters. The summed E-state index contributed by atoms with van der Waals surface area (Å²) in [6, 6.07) is 10.9. The lowest BCUT2D eigenvalue weighted by Gasteiger charge is -2.30. The van der Waals surface area contributed by atoms with Crippen LogP contribution in [-0.4, -0.2) is 69.5 Å². The molecule has 3 aromatic rings. The number of alkyl halides is 3. The summed E-state index contributed by atoms with van der Waals surface area (Å²) in [4.78, 5) is 13.9. The summed E-state index contributed by atoms with van der Waals surface area (Å²) in [5.41, 5.74) is 1.71. The highest BCUT2D eigenvalue weighted by Crippen LogP contribution is 2.31. The zero-order chi connectivity index (χ0) is 28.4. The standard InChI is InChI=1S/C27H29F3N4O4S/c1-33-13-11-18(14-26(33)35)32-22-7-4-8-24-21(22)15-19(34(24)17-27(28,29)30)6-5-12-31-23-10-9-20(39(3,36)37)16-25(23)38-2/h4,7-10,15-16,18,31-32H,11-14,17H2,1-3H3. The second-order valence-electron chi connectivity index (χ2n) is 9.41. The van der Waals surface area contributed by atoms with Crippen LogP contribution in [0.1, 0.15) is 18.5 Å². The number of sulfone groups is 1. The van der Waals surface area contributed by atoms with E-state index in [1.165, 1.54) is 19.2 Å². The van der Waals surface area contributed by atoms with E-state index in [9.17, 15) is 26.4 Å². The molecule has 12 heteroatoms. The first-order valence-electron chi connectivity index (χ1n) is 12.2. The summed E-state index contributed by atoms with van der Waals surface area (Å²) < 4.78 is 70.5. The first-order valence-corrected chi connectivity index (χ1v) is 14.0. The number of piperidine rings is 1. The maximum absolute atomic E-state index is 13.5. The molecule has 0 radical (unpaired) electrons. The van der Waals surface area contributed by atoms with Crippen LogP contribution in [0.25, 0.3) is 10.9 Å². The fourth-order valence-corrected chi connectivity index (χ4v) is 5.11. The van der Waals surface area contributed by atoms with E-state index in [-0.39, 0.29) is 29.1 Å². The number of likely N-dealkylation sites (tertiary alicyclic amines) is 1. The van der Waals surface area contributed by atoms with Gasteiger partial charge in [0.05, 0.1) is 35.4 Å². The number of ether oxygens (including phenoxy) is 1. The van der Waals surface area contributed by atoms with Gasteiger partial charge in [0.2, 0.25) is 5.91 Å². The second-order valence-corrected chi connectivity index (χ2v) is 11.4. The fourth-order valence-electron chi connectivity index (χ4n) is 4.47. The van der Waals surface area contributed by atoms with Gasteiger partial charge < -0.3 is 24.8 Å². The van der Waals surface area contributed by atoms with Crippen molar-refractivity contribution in [1.82, 2.24) is 9.47 Å². The van der Waals surface area contributed by atoms with E-state index >= 15 is 0 Å². The summed E-state index contributed by atoms with van der Waals surface area (Å²) in [6.45, 7) is -0.525. The summed E-state index contributed by atoms with van der Waals surface area (Å²) in [5.74, 6) is 6.00. The second kappa shape index (κ2) is 11.1. The van der Waals surface area contributed by atoms with E-state index in [1.807, 2.05) is 0 Å². The zero-order valence-electron chi connectivity index (χ0n) is 21.7. The van der Waals surface area contributed by atoms with Crippen molar-refractivity contribution in [3.8, 4) is 17.6 Å². The van der Waals surface area contributed by atoms with Crippen molar-refractivity contribution in [2.75, 3.05) is 44.1 Å². The maximum Gasteiger partial charge on any atom is 0.406 e. The highest BCUT2D eigenvalue weighted by molar-refractivity contribution is 7.90. The Bertz CT molecular complexity index is 1550. The number of nitrogens with zero attached hydrogens (tertiary/aromatic N) is 2. The van der Waals surface area contributed by atoms with Gasteiger partial charge in [-0.25, -0.2) is 8.42 Å². The molecule has 2 aromatic carbocycles. The normalized spacial score (nSPS) is 16.1. The number of nitrogens with one attached hydrogen (secondary N) is 2. The van der Waals surface area contributed by atoms with E-state index in [0.717, 1.165) is 17.2 Å². The SMILES string of the molecule is COc1cc(S(C)(=O)=O)ccc1NCC#Cc1cc2c(NC3CCN(C)C(=O)C3)cccc2n1CC(F)(F)F. The van der Waals surface area contributed by atoms with Crippen LogP contribution in [0.2, 0.25) is 0 Å². The van der Waals surface area contributed by atoms with Crippen LogP contribution < -0.4 is 15.4 Å². The number of anilines is 2. The number of rotatable bonds is 7. The van der Waals surface area contributed by atoms with Gasteiger partial charge in [-0.2, -0.15) is 13.2 Å². The van der Waals surface area contributed by atoms with Gasteiger partial charge in [0.15, 0.2) is 9.84 Å². The predicted octanol–water partition coefficient (Wildman–Crippen LogP) is 4.11. The lowest BCUT2D eigenvalue weighted by Crippen LogP contribution is -2.41. The van der Waals surface area contributed by atoms with E-state index in [2.05, 4.69) is 22.5 Å². The maximum atomic E-state index is 13.5. The quantitative estimate of drug-likeness (QED) is 0.421. The summed E-state index contributed by atoms with van der Waals surface area (Å²) >= 11 is 0. The molecule has 1 aliphatic heterocycles. The van der Waals surface area contributed by atoms with Crippen LogP contribution in [0, 0.1) is 11.8 Å². The minimum Gasteiger partial charge on any atom is -0.495 e. The minimum atomic E-state index is -4.46. The number of amides is 1. The molecule has 208 valence electrons. The third kappa shape index (κ3) is 6.78. The van der Waals surface area contributed by atoms with Crippen molar-refractivity contribution in [3.63, 3.8) is 0 Å². The van der Waals surface area contributed by atoms with Crippen LogP contribution in [0.5, 0.6) is 5.75 Å². The lowest BCUT2D eigenvalue weighted by atomic mass is 10.0. The molecule has 0 aliphatic carbocycles. The molecular weight excluding hydrogens is 533 g/mol. The molecule has 39 heavy (non-hydrogen) atoms. The molecule has 1 aromatic heterocycles. The van der Waals surface area contributed by atoms with Gasteiger partial charge >= 0.3 is 6.18 Å². The molecule has 1 aliphatic rings. The van der Waals surface area contributed by atoms with Crippen LogP contribution in [0.15, 0.2) is 47.4 Å². The first-order chi connectivity index (χ1) is 18.4. The van der Waals surface area contributed by atoms with Crippen molar-refractivity contribution < 1.29 is 31.1 Å². The van der Waals surface area contributed by atoms with Gasteiger partial charge in [-0.05, 0) is 42.7 Å². The average Bonchev–Trinajstić information content (AvgIpc) is 3.20. The molecule has 1 atom stereocenters. The number of benzene rings is 2. The first kappa shape index (κ1) is 28.2. The molecule has 0 bridgehead atoms.